The maximum absolute atomic E-state index is 12.7. The number of hydrogen-bond acceptors (Lipinski definition) is 3. The lowest BCUT2D eigenvalue weighted by atomic mass is 9.96. The van der Waals surface area contributed by atoms with Crippen LogP contribution in [0.2, 0.25) is 0 Å². The Labute approximate surface area is 148 Å². The lowest BCUT2D eigenvalue weighted by Gasteiger charge is -2.16. The van der Waals surface area contributed by atoms with E-state index >= 15 is 0 Å². The molecule has 25 heavy (non-hydrogen) atoms. The molecule has 0 saturated carbocycles. The van der Waals surface area contributed by atoms with Crippen LogP contribution in [0.15, 0.2) is 36.4 Å². The third-order valence-corrected chi connectivity index (χ3v) is 3.91. The van der Waals surface area contributed by atoms with E-state index < -0.39 is 0 Å². The minimum atomic E-state index is -0.172. The summed E-state index contributed by atoms with van der Waals surface area (Å²) >= 11 is 0. The van der Waals surface area contributed by atoms with Gasteiger partial charge in [-0.15, -0.1) is 0 Å². The maximum atomic E-state index is 12.7. The van der Waals surface area contributed by atoms with Crippen molar-refractivity contribution in [3.05, 3.63) is 53.1 Å². The Morgan fingerprint density at radius 1 is 1.00 bits per heavy atom. The van der Waals surface area contributed by atoms with Crippen LogP contribution in [0, 0.1) is 6.92 Å². The normalized spacial score (nSPS) is 10.5. The predicted octanol–water partition coefficient (Wildman–Crippen LogP) is 4.34. The zero-order valence-electron chi connectivity index (χ0n) is 15.3. The summed E-state index contributed by atoms with van der Waals surface area (Å²) in [5, 5.41) is 5.58. The Morgan fingerprint density at radius 3 is 2.04 bits per heavy atom. The highest BCUT2D eigenvalue weighted by atomic mass is 16.5. The molecular weight excluding hydrogens is 316 g/mol. The van der Waals surface area contributed by atoms with E-state index in [0.29, 0.717) is 16.9 Å². The van der Waals surface area contributed by atoms with Crippen LogP contribution >= 0.6 is 0 Å². The van der Waals surface area contributed by atoms with Crippen molar-refractivity contribution in [2.45, 2.75) is 33.6 Å². The summed E-state index contributed by atoms with van der Waals surface area (Å²) in [7, 11) is 1.64. The standard InChI is InChI=1S/C20H24N2O3/c1-12(2)17-11-18(13(3)10-19(17)25-5)20(24)22-16-8-6-15(7-9-16)21-14(4)23/h6-12H,1-5H3,(H,21,23)(H,22,24). The number of aryl methyl sites for hydroxylation is 1. The number of carbonyl (C=O) groups is 2. The number of rotatable bonds is 5. The highest BCUT2D eigenvalue weighted by Crippen LogP contribution is 2.30. The Hall–Kier alpha value is -2.82. The van der Waals surface area contributed by atoms with Gasteiger partial charge in [-0.05, 0) is 60.4 Å². The topological polar surface area (TPSA) is 67.4 Å². The molecule has 0 heterocycles. The minimum Gasteiger partial charge on any atom is -0.496 e. The van der Waals surface area contributed by atoms with Crippen LogP contribution in [0.4, 0.5) is 11.4 Å². The van der Waals surface area contributed by atoms with Gasteiger partial charge in [-0.2, -0.15) is 0 Å². The lowest BCUT2D eigenvalue weighted by Crippen LogP contribution is -2.14. The van der Waals surface area contributed by atoms with Crippen molar-refractivity contribution in [3.8, 4) is 5.75 Å². The van der Waals surface area contributed by atoms with Gasteiger partial charge < -0.3 is 15.4 Å². The molecule has 2 aromatic rings. The van der Waals surface area contributed by atoms with E-state index in [0.717, 1.165) is 16.9 Å². The minimum absolute atomic E-state index is 0.133. The zero-order valence-corrected chi connectivity index (χ0v) is 15.3. The van der Waals surface area contributed by atoms with Gasteiger partial charge in [0.15, 0.2) is 0 Å². The molecule has 0 fully saturated rings. The Morgan fingerprint density at radius 2 is 1.56 bits per heavy atom. The highest BCUT2D eigenvalue weighted by Gasteiger charge is 2.16. The summed E-state index contributed by atoms with van der Waals surface area (Å²) in [6.07, 6.45) is 0. The van der Waals surface area contributed by atoms with Gasteiger partial charge in [0.2, 0.25) is 5.91 Å². The van der Waals surface area contributed by atoms with Crippen molar-refractivity contribution in [2.24, 2.45) is 0 Å². The van der Waals surface area contributed by atoms with E-state index in [1.807, 2.05) is 19.1 Å². The van der Waals surface area contributed by atoms with E-state index in [4.69, 9.17) is 4.74 Å². The monoisotopic (exact) mass is 340 g/mol. The molecule has 0 atom stereocenters. The molecule has 0 bridgehead atoms. The van der Waals surface area contributed by atoms with Gasteiger partial charge in [-0.25, -0.2) is 0 Å². The molecule has 5 heteroatoms. The summed E-state index contributed by atoms with van der Waals surface area (Å²) in [5.41, 5.74) is 3.83. The van der Waals surface area contributed by atoms with Crippen LogP contribution in [-0.2, 0) is 4.79 Å². The second kappa shape index (κ2) is 7.83. The second-order valence-corrected chi connectivity index (χ2v) is 6.28. The van der Waals surface area contributed by atoms with Crippen LogP contribution < -0.4 is 15.4 Å². The molecule has 2 N–H and O–H groups in total. The molecule has 132 valence electrons. The van der Waals surface area contributed by atoms with Gasteiger partial charge in [-0.3, -0.25) is 9.59 Å². The average molecular weight is 340 g/mol. The van der Waals surface area contributed by atoms with Crippen molar-refractivity contribution in [1.29, 1.82) is 0 Å². The fourth-order valence-corrected chi connectivity index (χ4v) is 2.61. The van der Waals surface area contributed by atoms with Crippen molar-refractivity contribution >= 4 is 23.2 Å². The molecule has 0 radical (unpaired) electrons. The molecule has 5 nitrogen and oxygen atoms in total. The van der Waals surface area contributed by atoms with E-state index in [1.54, 1.807) is 31.4 Å². The molecule has 0 aliphatic heterocycles. The fourth-order valence-electron chi connectivity index (χ4n) is 2.61. The first-order chi connectivity index (χ1) is 11.8. The number of hydrogen-bond donors (Lipinski definition) is 2. The summed E-state index contributed by atoms with van der Waals surface area (Å²) in [6, 6.07) is 10.8. The average Bonchev–Trinajstić information content (AvgIpc) is 2.55. The van der Waals surface area contributed by atoms with E-state index in [9.17, 15) is 9.59 Å². The first kappa shape index (κ1) is 18.5. The van der Waals surface area contributed by atoms with E-state index in [-0.39, 0.29) is 17.7 Å². The Balaban J connectivity index is 2.23. The van der Waals surface area contributed by atoms with Gasteiger partial charge in [0.1, 0.15) is 5.75 Å². The molecular formula is C20H24N2O3. The van der Waals surface area contributed by atoms with Gasteiger partial charge in [0, 0.05) is 23.9 Å². The van der Waals surface area contributed by atoms with Crippen LogP contribution in [0.25, 0.3) is 0 Å². The van der Waals surface area contributed by atoms with Crippen molar-refractivity contribution in [3.63, 3.8) is 0 Å². The molecule has 0 aliphatic rings. The zero-order chi connectivity index (χ0) is 18.6. The number of anilines is 2. The number of benzene rings is 2. The first-order valence-electron chi connectivity index (χ1n) is 8.19. The molecule has 2 aromatic carbocycles. The van der Waals surface area contributed by atoms with Gasteiger partial charge in [0.05, 0.1) is 7.11 Å². The smallest absolute Gasteiger partial charge is 0.255 e. The van der Waals surface area contributed by atoms with Gasteiger partial charge in [0.25, 0.3) is 5.91 Å². The number of amides is 2. The van der Waals surface area contributed by atoms with Crippen LogP contribution in [-0.4, -0.2) is 18.9 Å². The van der Waals surface area contributed by atoms with Gasteiger partial charge in [-0.1, -0.05) is 13.8 Å². The predicted molar refractivity (Wildman–Crippen MR) is 101 cm³/mol. The molecule has 2 rings (SSSR count). The highest BCUT2D eigenvalue weighted by molar-refractivity contribution is 6.05. The van der Waals surface area contributed by atoms with E-state index in [2.05, 4.69) is 24.5 Å². The molecule has 0 aromatic heterocycles. The number of carbonyl (C=O) groups excluding carboxylic acids is 2. The van der Waals surface area contributed by atoms with Crippen molar-refractivity contribution in [1.82, 2.24) is 0 Å². The number of ether oxygens (including phenoxy) is 1. The van der Waals surface area contributed by atoms with Crippen LogP contribution in [0.5, 0.6) is 5.75 Å². The number of nitrogens with one attached hydrogen (secondary N) is 2. The van der Waals surface area contributed by atoms with Crippen molar-refractivity contribution < 1.29 is 14.3 Å². The van der Waals surface area contributed by atoms with Crippen molar-refractivity contribution in [2.75, 3.05) is 17.7 Å². The lowest BCUT2D eigenvalue weighted by molar-refractivity contribution is -0.114. The third-order valence-electron chi connectivity index (χ3n) is 3.91. The molecule has 0 aliphatic carbocycles. The summed E-state index contributed by atoms with van der Waals surface area (Å²) in [5.74, 6) is 0.740. The third kappa shape index (κ3) is 4.59. The largest absolute Gasteiger partial charge is 0.496 e. The quantitative estimate of drug-likeness (QED) is 0.851. The maximum Gasteiger partial charge on any atom is 0.255 e. The number of methoxy groups -OCH3 is 1. The fraction of sp³-hybridized carbons (Fsp3) is 0.300. The Bertz CT molecular complexity index is 780. The Kier molecular flexibility index (Phi) is 5.80. The van der Waals surface area contributed by atoms with Crippen LogP contribution in [0.1, 0.15) is 48.2 Å². The summed E-state index contributed by atoms with van der Waals surface area (Å²) < 4.78 is 5.42. The molecule has 0 unspecified atom stereocenters. The summed E-state index contributed by atoms with van der Waals surface area (Å²) in [4.78, 5) is 23.7. The first-order valence-corrected chi connectivity index (χ1v) is 8.19. The molecule has 0 spiro atoms. The molecule has 2 amide bonds. The SMILES string of the molecule is COc1cc(C)c(C(=O)Nc2ccc(NC(C)=O)cc2)cc1C(C)C. The second-order valence-electron chi connectivity index (χ2n) is 6.28. The summed E-state index contributed by atoms with van der Waals surface area (Å²) in [6.45, 7) is 7.47. The molecule has 0 saturated heterocycles. The van der Waals surface area contributed by atoms with Gasteiger partial charge >= 0.3 is 0 Å². The van der Waals surface area contributed by atoms with Crippen LogP contribution in [0.3, 0.4) is 0 Å². The van der Waals surface area contributed by atoms with E-state index in [1.165, 1.54) is 6.92 Å².